The summed E-state index contributed by atoms with van der Waals surface area (Å²) in [6.07, 6.45) is 14.0. The molecule has 160 valence electrons. The highest BCUT2D eigenvalue weighted by Gasteiger charge is 2.32. The molecular weight excluding hydrogens is 338 g/mol. The maximum absolute atomic E-state index is 11.6. The van der Waals surface area contributed by atoms with Gasteiger partial charge in [-0.25, -0.2) is 0 Å². The Morgan fingerprint density at radius 1 is 0.926 bits per heavy atom. The van der Waals surface area contributed by atoms with E-state index >= 15 is 0 Å². The zero-order valence-corrected chi connectivity index (χ0v) is 18.4. The number of aliphatic hydroxyl groups excluding tert-OH is 1. The van der Waals surface area contributed by atoms with Crippen LogP contribution in [-0.2, 0) is 4.79 Å². The third kappa shape index (κ3) is 12.2. The van der Waals surface area contributed by atoms with E-state index in [4.69, 9.17) is 0 Å². The standard InChI is InChI=1S/C23H45NO3/c1-5-9-12-13-16-22(25)20-24(17-14-10-6-2,18-15-11-7-3)19-21(8-4)23(26)27/h12-13,21-22,25H,5-11,14-20H2,1-4H3/b13-12+. The van der Waals surface area contributed by atoms with Gasteiger partial charge in [-0.2, -0.15) is 0 Å². The van der Waals surface area contributed by atoms with Crippen molar-refractivity contribution < 1.29 is 19.5 Å². The first-order valence-electron chi connectivity index (χ1n) is 11.3. The average molecular weight is 384 g/mol. The van der Waals surface area contributed by atoms with E-state index in [1.54, 1.807) is 0 Å². The number of carbonyl (C=O) groups is 1. The largest absolute Gasteiger partial charge is 0.550 e. The lowest BCUT2D eigenvalue weighted by Crippen LogP contribution is -2.57. The number of quaternary nitrogens is 1. The molecule has 0 aliphatic carbocycles. The molecule has 0 spiro atoms. The summed E-state index contributed by atoms with van der Waals surface area (Å²) in [5.74, 6) is -1.38. The smallest absolute Gasteiger partial charge is 0.106 e. The van der Waals surface area contributed by atoms with Crippen molar-refractivity contribution in [3.8, 4) is 0 Å². The number of hydrogen-bond donors (Lipinski definition) is 1. The first-order valence-corrected chi connectivity index (χ1v) is 11.3. The molecule has 0 rings (SSSR count). The van der Waals surface area contributed by atoms with E-state index in [-0.39, 0.29) is 0 Å². The van der Waals surface area contributed by atoms with Gasteiger partial charge >= 0.3 is 0 Å². The Labute approximate surface area is 168 Å². The van der Waals surface area contributed by atoms with Crippen LogP contribution in [0.5, 0.6) is 0 Å². The number of aliphatic hydroxyl groups is 1. The van der Waals surface area contributed by atoms with Gasteiger partial charge in [0.25, 0.3) is 0 Å². The Morgan fingerprint density at radius 3 is 1.96 bits per heavy atom. The lowest BCUT2D eigenvalue weighted by molar-refractivity contribution is -0.933. The van der Waals surface area contributed by atoms with E-state index in [9.17, 15) is 15.0 Å². The normalized spacial score (nSPS) is 14.6. The van der Waals surface area contributed by atoms with Crippen molar-refractivity contribution in [1.29, 1.82) is 0 Å². The zero-order chi connectivity index (χ0) is 20.5. The van der Waals surface area contributed by atoms with E-state index in [2.05, 4.69) is 32.9 Å². The van der Waals surface area contributed by atoms with Crippen molar-refractivity contribution in [2.24, 2.45) is 5.92 Å². The number of carboxylic acids is 1. The Kier molecular flexibility index (Phi) is 15.6. The number of rotatable bonds is 18. The molecule has 1 N–H and O–H groups in total. The molecule has 27 heavy (non-hydrogen) atoms. The fraction of sp³-hybridized carbons (Fsp3) is 0.870. The van der Waals surface area contributed by atoms with Crippen molar-refractivity contribution in [1.82, 2.24) is 0 Å². The maximum Gasteiger partial charge on any atom is 0.106 e. The van der Waals surface area contributed by atoms with E-state index in [0.717, 1.165) is 68.9 Å². The van der Waals surface area contributed by atoms with Gasteiger partial charge in [-0.3, -0.25) is 0 Å². The minimum absolute atomic E-state index is 0.416. The van der Waals surface area contributed by atoms with E-state index in [1.165, 1.54) is 0 Å². The summed E-state index contributed by atoms with van der Waals surface area (Å²) < 4.78 is 0.718. The Morgan fingerprint density at radius 2 is 1.52 bits per heavy atom. The summed E-state index contributed by atoms with van der Waals surface area (Å²) in [5.41, 5.74) is 0. The minimum atomic E-state index is -0.941. The van der Waals surface area contributed by atoms with E-state index < -0.39 is 18.0 Å². The number of carboxylic acid groups (broad SMARTS) is 1. The van der Waals surface area contributed by atoms with Gasteiger partial charge in [-0.1, -0.05) is 59.1 Å². The number of allylic oxidation sites excluding steroid dienone is 1. The number of carbonyl (C=O) groups excluding carboxylic acids is 1. The number of aliphatic carboxylic acids is 1. The van der Waals surface area contributed by atoms with Crippen LogP contribution in [0.2, 0.25) is 0 Å². The Bertz CT molecular complexity index is 385. The highest BCUT2D eigenvalue weighted by Crippen LogP contribution is 2.21. The van der Waals surface area contributed by atoms with E-state index in [0.29, 0.717) is 25.9 Å². The average Bonchev–Trinajstić information content (AvgIpc) is 2.63. The summed E-state index contributed by atoms with van der Waals surface area (Å²) in [6.45, 7) is 11.6. The summed E-state index contributed by atoms with van der Waals surface area (Å²) in [5, 5.41) is 22.3. The predicted molar refractivity (Wildman–Crippen MR) is 112 cm³/mol. The van der Waals surface area contributed by atoms with Crippen LogP contribution in [0, 0.1) is 5.92 Å². The quantitative estimate of drug-likeness (QED) is 0.220. The van der Waals surface area contributed by atoms with E-state index in [1.807, 2.05) is 6.92 Å². The third-order valence-corrected chi connectivity index (χ3v) is 5.53. The van der Waals surface area contributed by atoms with Crippen LogP contribution in [0.25, 0.3) is 0 Å². The van der Waals surface area contributed by atoms with Gasteiger partial charge in [0, 0.05) is 5.92 Å². The van der Waals surface area contributed by atoms with Gasteiger partial charge in [0.1, 0.15) is 12.6 Å². The van der Waals surface area contributed by atoms with Crippen molar-refractivity contribution in [2.75, 3.05) is 26.2 Å². The Balaban J connectivity index is 5.27. The molecule has 0 aromatic carbocycles. The molecule has 0 fully saturated rings. The summed E-state index contributed by atoms with van der Waals surface area (Å²) in [4.78, 5) is 11.6. The van der Waals surface area contributed by atoms with Crippen molar-refractivity contribution in [3.63, 3.8) is 0 Å². The maximum atomic E-state index is 11.6. The summed E-state index contributed by atoms with van der Waals surface area (Å²) in [7, 11) is 0. The molecule has 0 saturated heterocycles. The zero-order valence-electron chi connectivity index (χ0n) is 18.4. The predicted octanol–water partition coefficient (Wildman–Crippen LogP) is 4.07. The van der Waals surface area contributed by atoms with Crippen LogP contribution in [0.3, 0.4) is 0 Å². The summed E-state index contributed by atoms with van der Waals surface area (Å²) >= 11 is 0. The molecule has 2 atom stereocenters. The minimum Gasteiger partial charge on any atom is -0.550 e. The van der Waals surface area contributed by atoms with Crippen molar-refractivity contribution >= 4 is 5.97 Å². The monoisotopic (exact) mass is 383 g/mol. The molecule has 0 aliphatic heterocycles. The fourth-order valence-corrected chi connectivity index (χ4v) is 3.84. The van der Waals surface area contributed by atoms with Crippen LogP contribution in [-0.4, -0.2) is 47.8 Å². The van der Waals surface area contributed by atoms with Crippen LogP contribution < -0.4 is 5.11 Å². The summed E-state index contributed by atoms with van der Waals surface area (Å²) in [6, 6.07) is 0. The van der Waals surface area contributed by atoms with Crippen LogP contribution in [0.4, 0.5) is 0 Å². The lowest BCUT2D eigenvalue weighted by atomic mass is 10.0. The number of hydrogen-bond acceptors (Lipinski definition) is 3. The lowest BCUT2D eigenvalue weighted by Gasteiger charge is -2.43. The molecule has 0 radical (unpaired) electrons. The molecule has 0 amide bonds. The molecule has 4 nitrogen and oxygen atoms in total. The van der Waals surface area contributed by atoms with Crippen LogP contribution in [0.15, 0.2) is 12.2 Å². The van der Waals surface area contributed by atoms with Gasteiger partial charge in [-0.15, -0.1) is 0 Å². The molecule has 0 aromatic rings. The van der Waals surface area contributed by atoms with Crippen molar-refractivity contribution in [3.05, 3.63) is 12.2 Å². The molecule has 0 aliphatic rings. The van der Waals surface area contributed by atoms with Crippen LogP contribution >= 0.6 is 0 Å². The topological polar surface area (TPSA) is 60.4 Å². The fourth-order valence-electron chi connectivity index (χ4n) is 3.84. The van der Waals surface area contributed by atoms with Gasteiger partial charge in [0.2, 0.25) is 0 Å². The molecule has 0 bridgehead atoms. The molecule has 0 aromatic heterocycles. The SMILES string of the molecule is CCC/C=C/CC(O)C[N+](CCCCC)(CCCCC)CC(CC)C(=O)[O-]. The van der Waals surface area contributed by atoms with Gasteiger partial charge < -0.3 is 19.5 Å². The first kappa shape index (κ1) is 26.1. The molecule has 2 unspecified atom stereocenters. The number of unbranched alkanes of at least 4 members (excludes halogenated alkanes) is 5. The third-order valence-electron chi connectivity index (χ3n) is 5.53. The van der Waals surface area contributed by atoms with Crippen molar-refractivity contribution in [2.45, 2.75) is 98.0 Å². The van der Waals surface area contributed by atoms with Gasteiger partial charge in [-0.05, 0) is 44.9 Å². The molecule has 0 heterocycles. The highest BCUT2D eigenvalue weighted by molar-refractivity contribution is 5.67. The molecule has 0 saturated carbocycles. The second kappa shape index (κ2) is 16.1. The Hall–Kier alpha value is -0.870. The van der Waals surface area contributed by atoms with Gasteiger partial charge in [0.15, 0.2) is 0 Å². The molecule has 4 heteroatoms. The second-order valence-electron chi connectivity index (χ2n) is 8.14. The molecular formula is C23H45NO3. The first-order chi connectivity index (χ1) is 12.9. The highest BCUT2D eigenvalue weighted by atomic mass is 16.4. The van der Waals surface area contributed by atoms with Crippen LogP contribution in [0.1, 0.15) is 91.9 Å². The number of nitrogens with zero attached hydrogens (tertiary/aromatic N) is 1. The second-order valence-corrected chi connectivity index (χ2v) is 8.14. The van der Waals surface area contributed by atoms with Gasteiger partial charge in [0.05, 0.1) is 25.6 Å².